The van der Waals surface area contributed by atoms with Crippen LogP contribution in [0.25, 0.3) is 0 Å². The number of aliphatic carboxylic acids is 1. The van der Waals surface area contributed by atoms with Crippen molar-refractivity contribution in [2.45, 2.75) is 25.3 Å². The fraction of sp³-hybridized carbons (Fsp3) is 0.286. The molecule has 1 aliphatic rings. The predicted molar refractivity (Wildman–Crippen MR) is 109 cm³/mol. The normalized spacial score (nSPS) is 15.8. The average Bonchev–Trinajstić information content (AvgIpc) is 3.17. The molecular formula is C21H21ClN2O5. The predicted octanol–water partition coefficient (Wildman–Crippen LogP) is 3.90. The van der Waals surface area contributed by atoms with Gasteiger partial charge in [-0.3, -0.25) is 9.59 Å². The first-order valence-electron chi connectivity index (χ1n) is 9.02. The number of carboxylic acid groups (broad SMARTS) is 1. The number of hydrogen-bond acceptors (Lipinski definition) is 5. The average molecular weight is 417 g/mol. The van der Waals surface area contributed by atoms with E-state index in [1.54, 1.807) is 38.5 Å². The molecule has 3 rings (SSSR count). The maximum atomic E-state index is 12.8. The number of hydrogen-bond donors (Lipinski definition) is 1. The summed E-state index contributed by atoms with van der Waals surface area (Å²) in [7, 11) is 3.11. The summed E-state index contributed by atoms with van der Waals surface area (Å²) < 4.78 is 10.8. The quantitative estimate of drug-likeness (QED) is 0.739. The molecule has 8 heteroatoms. The minimum absolute atomic E-state index is 0.137. The molecule has 1 heterocycles. The molecular weight excluding hydrogens is 396 g/mol. The highest BCUT2D eigenvalue weighted by Crippen LogP contribution is 2.39. The molecule has 1 atom stereocenters. The maximum absolute atomic E-state index is 12.8. The van der Waals surface area contributed by atoms with Crippen LogP contribution >= 0.6 is 11.6 Å². The molecule has 1 aliphatic heterocycles. The molecule has 0 aromatic heterocycles. The number of rotatable bonds is 7. The van der Waals surface area contributed by atoms with Crippen molar-refractivity contribution in [3.05, 3.63) is 58.6 Å². The number of carboxylic acids is 1. The van der Waals surface area contributed by atoms with Crippen LogP contribution in [-0.2, 0) is 9.59 Å². The Hall–Kier alpha value is -3.06. The fourth-order valence-corrected chi connectivity index (χ4v) is 3.35. The zero-order valence-electron chi connectivity index (χ0n) is 16.1. The Morgan fingerprint density at radius 1 is 1.14 bits per heavy atom. The number of methoxy groups -OCH3 is 2. The first-order chi connectivity index (χ1) is 13.9. The molecule has 0 radical (unpaired) electrons. The van der Waals surface area contributed by atoms with Gasteiger partial charge in [-0.05, 0) is 29.8 Å². The minimum Gasteiger partial charge on any atom is -0.497 e. The van der Waals surface area contributed by atoms with Crippen molar-refractivity contribution >= 4 is 29.2 Å². The van der Waals surface area contributed by atoms with Crippen molar-refractivity contribution in [2.75, 3.05) is 14.2 Å². The molecule has 0 spiro atoms. The van der Waals surface area contributed by atoms with E-state index >= 15 is 0 Å². The third-order valence-electron chi connectivity index (χ3n) is 4.70. The Bertz CT molecular complexity index is 943. The standard InChI is InChI=1S/C21H21ClN2O5/c1-28-15-7-8-16(19(11-15)29-2)18-12-17(13-3-5-14(22)6-4-13)23-24(18)20(25)9-10-21(26)27/h3-8,11,18H,9-10,12H2,1-2H3,(H,26,27). The van der Waals surface area contributed by atoms with Gasteiger partial charge in [-0.25, -0.2) is 5.01 Å². The van der Waals surface area contributed by atoms with Gasteiger partial charge in [0.2, 0.25) is 5.91 Å². The third-order valence-corrected chi connectivity index (χ3v) is 4.95. The van der Waals surface area contributed by atoms with E-state index in [9.17, 15) is 9.59 Å². The van der Waals surface area contributed by atoms with Crippen LogP contribution in [-0.4, -0.2) is 41.9 Å². The van der Waals surface area contributed by atoms with E-state index in [4.69, 9.17) is 26.2 Å². The van der Waals surface area contributed by atoms with Crippen molar-refractivity contribution in [3.63, 3.8) is 0 Å². The van der Waals surface area contributed by atoms with Gasteiger partial charge in [0.1, 0.15) is 11.5 Å². The van der Waals surface area contributed by atoms with Crippen molar-refractivity contribution in [1.29, 1.82) is 0 Å². The lowest BCUT2D eigenvalue weighted by Gasteiger charge is -2.23. The first kappa shape index (κ1) is 20.7. The number of hydrazone groups is 1. The number of amides is 1. The third kappa shape index (κ3) is 4.68. The highest BCUT2D eigenvalue weighted by Gasteiger charge is 2.34. The summed E-state index contributed by atoms with van der Waals surface area (Å²) in [4.78, 5) is 23.7. The zero-order chi connectivity index (χ0) is 21.0. The van der Waals surface area contributed by atoms with Gasteiger partial charge in [0.25, 0.3) is 0 Å². The van der Waals surface area contributed by atoms with Gasteiger partial charge in [0.05, 0.1) is 32.4 Å². The summed E-state index contributed by atoms with van der Waals surface area (Å²) >= 11 is 5.97. The van der Waals surface area contributed by atoms with Crippen molar-refractivity contribution in [3.8, 4) is 11.5 Å². The lowest BCUT2D eigenvalue weighted by molar-refractivity contribution is -0.141. The molecule has 0 fully saturated rings. The van der Waals surface area contributed by atoms with Crippen LogP contribution in [0, 0.1) is 0 Å². The van der Waals surface area contributed by atoms with Gasteiger partial charge in [-0.1, -0.05) is 23.7 Å². The Kier molecular flexibility index (Phi) is 6.39. The molecule has 0 saturated heterocycles. The van der Waals surface area contributed by atoms with Gasteiger partial charge in [0, 0.05) is 29.5 Å². The summed E-state index contributed by atoms with van der Waals surface area (Å²) in [5, 5.41) is 15.4. The Balaban J connectivity index is 1.97. The van der Waals surface area contributed by atoms with Crippen LogP contribution in [0.4, 0.5) is 0 Å². The van der Waals surface area contributed by atoms with Gasteiger partial charge in [-0.2, -0.15) is 5.10 Å². The van der Waals surface area contributed by atoms with Crippen molar-refractivity contribution in [2.24, 2.45) is 5.10 Å². The molecule has 2 aromatic carbocycles. The van der Waals surface area contributed by atoms with Crippen LogP contribution in [0.5, 0.6) is 11.5 Å². The molecule has 0 aliphatic carbocycles. The Morgan fingerprint density at radius 3 is 2.48 bits per heavy atom. The SMILES string of the molecule is COc1ccc(C2CC(c3ccc(Cl)cc3)=NN2C(=O)CCC(=O)O)c(OC)c1. The number of carbonyl (C=O) groups is 2. The van der Waals surface area contributed by atoms with E-state index in [0.29, 0.717) is 28.7 Å². The lowest BCUT2D eigenvalue weighted by Crippen LogP contribution is -2.27. The summed E-state index contributed by atoms with van der Waals surface area (Å²) in [6.07, 6.45) is 0.0679. The second-order valence-corrected chi connectivity index (χ2v) is 6.95. The highest BCUT2D eigenvalue weighted by molar-refractivity contribution is 6.30. The van der Waals surface area contributed by atoms with Crippen molar-refractivity contribution in [1.82, 2.24) is 5.01 Å². The van der Waals surface area contributed by atoms with Crippen LogP contribution in [0.1, 0.15) is 36.4 Å². The Labute approximate surface area is 173 Å². The molecule has 152 valence electrons. The number of benzene rings is 2. The summed E-state index contributed by atoms with van der Waals surface area (Å²) in [6.45, 7) is 0. The van der Waals surface area contributed by atoms with E-state index in [2.05, 4.69) is 5.10 Å². The van der Waals surface area contributed by atoms with Crippen molar-refractivity contribution < 1.29 is 24.2 Å². The van der Waals surface area contributed by atoms with Gasteiger partial charge >= 0.3 is 5.97 Å². The van der Waals surface area contributed by atoms with Crippen LogP contribution in [0.15, 0.2) is 47.6 Å². The number of ether oxygens (including phenoxy) is 2. The van der Waals surface area contributed by atoms with Crippen LogP contribution in [0.2, 0.25) is 5.02 Å². The van der Waals surface area contributed by atoms with Crippen LogP contribution < -0.4 is 9.47 Å². The van der Waals surface area contributed by atoms with Gasteiger partial charge in [-0.15, -0.1) is 0 Å². The molecule has 0 saturated carbocycles. The molecule has 29 heavy (non-hydrogen) atoms. The Morgan fingerprint density at radius 2 is 1.86 bits per heavy atom. The second-order valence-electron chi connectivity index (χ2n) is 6.51. The monoisotopic (exact) mass is 416 g/mol. The second kappa shape index (κ2) is 8.96. The molecule has 1 N–H and O–H groups in total. The molecule has 0 bridgehead atoms. The highest BCUT2D eigenvalue weighted by atomic mass is 35.5. The van der Waals surface area contributed by atoms with Gasteiger partial charge in [0.15, 0.2) is 0 Å². The molecule has 1 unspecified atom stereocenters. The largest absolute Gasteiger partial charge is 0.497 e. The fourth-order valence-electron chi connectivity index (χ4n) is 3.22. The van der Waals surface area contributed by atoms with Crippen LogP contribution in [0.3, 0.4) is 0 Å². The van der Waals surface area contributed by atoms with E-state index in [0.717, 1.165) is 11.1 Å². The topological polar surface area (TPSA) is 88.4 Å². The minimum atomic E-state index is -1.03. The van der Waals surface area contributed by atoms with E-state index in [-0.39, 0.29) is 18.7 Å². The summed E-state index contributed by atoms with van der Waals surface area (Å²) in [5.74, 6) is -0.193. The van der Waals surface area contributed by atoms with E-state index in [1.165, 1.54) is 5.01 Å². The summed E-state index contributed by atoms with van der Waals surface area (Å²) in [6, 6.07) is 12.2. The van der Waals surface area contributed by atoms with E-state index in [1.807, 2.05) is 18.2 Å². The lowest BCUT2D eigenvalue weighted by atomic mass is 9.97. The maximum Gasteiger partial charge on any atom is 0.303 e. The summed E-state index contributed by atoms with van der Waals surface area (Å²) in [5.41, 5.74) is 2.33. The first-order valence-corrected chi connectivity index (χ1v) is 9.40. The number of halogens is 1. The van der Waals surface area contributed by atoms with Gasteiger partial charge < -0.3 is 14.6 Å². The smallest absolute Gasteiger partial charge is 0.303 e. The number of carbonyl (C=O) groups excluding carboxylic acids is 1. The molecule has 1 amide bonds. The number of nitrogens with zero attached hydrogens (tertiary/aromatic N) is 2. The van der Waals surface area contributed by atoms with E-state index < -0.39 is 12.0 Å². The molecule has 2 aromatic rings. The molecule has 7 nitrogen and oxygen atoms in total. The zero-order valence-corrected chi connectivity index (χ0v) is 16.8.